The van der Waals surface area contributed by atoms with E-state index in [2.05, 4.69) is 64.2 Å². The highest BCUT2D eigenvalue weighted by Gasteiger charge is 2.38. The maximum Gasteiger partial charge on any atom is 0.220 e. The van der Waals surface area contributed by atoms with Crippen molar-refractivity contribution in [1.29, 1.82) is 0 Å². The number of carbonyl (C=O) groups excluding carboxylic acids is 2. The van der Waals surface area contributed by atoms with Gasteiger partial charge in [-0.05, 0) is 53.6 Å². The lowest BCUT2D eigenvalue weighted by Gasteiger charge is -2.41. The fourth-order valence-electron chi connectivity index (χ4n) is 5.63. The third kappa shape index (κ3) is 10.2. The Labute approximate surface area is 290 Å². The summed E-state index contributed by atoms with van der Waals surface area (Å²) in [6, 6.07) is 24.4. The van der Waals surface area contributed by atoms with Gasteiger partial charge in [0.05, 0.1) is 18.8 Å². The lowest BCUT2D eigenvalue weighted by molar-refractivity contribution is -0.268. The molecule has 254 valence electrons. The number of ether oxygens (including phenoxy) is 2. The summed E-state index contributed by atoms with van der Waals surface area (Å²) in [6.07, 6.45) is 2.22. The van der Waals surface area contributed by atoms with E-state index in [1.54, 1.807) is 23.1 Å². The quantitative estimate of drug-likeness (QED) is 0.0911. The second kappa shape index (κ2) is 17.7. The lowest BCUT2D eigenvalue weighted by atomic mass is 9.91. The maximum atomic E-state index is 12.4. The van der Waals surface area contributed by atoms with Crippen LogP contribution in [0.15, 0.2) is 77.1 Å². The molecule has 1 aliphatic rings. The molecule has 0 aliphatic carbocycles. The average molecular weight is 689 g/mol. The van der Waals surface area contributed by atoms with Crippen molar-refractivity contribution in [3.05, 3.63) is 100 Å². The molecule has 2 heterocycles. The number of hydrogen-bond acceptors (Lipinski definition) is 9. The number of hydrogen-bond donors (Lipinski definition) is 3. The van der Waals surface area contributed by atoms with Crippen LogP contribution in [0.1, 0.15) is 79.2 Å². The summed E-state index contributed by atoms with van der Waals surface area (Å²) in [4.78, 5) is 23.3. The van der Waals surface area contributed by atoms with Gasteiger partial charge in [-0.15, -0.1) is 10.2 Å². The molecule has 4 unspecified atom stereocenters. The van der Waals surface area contributed by atoms with Crippen molar-refractivity contribution in [3.63, 3.8) is 0 Å². The van der Waals surface area contributed by atoms with Gasteiger partial charge in [-0.3, -0.25) is 9.59 Å². The van der Waals surface area contributed by atoms with Crippen LogP contribution in [0.25, 0.3) is 11.1 Å². The average Bonchev–Trinajstić information content (AvgIpc) is 3.53. The number of rotatable bonds is 15. The maximum absolute atomic E-state index is 12.4. The van der Waals surface area contributed by atoms with Crippen LogP contribution in [0.5, 0.6) is 0 Å². The van der Waals surface area contributed by atoms with Gasteiger partial charge >= 0.3 is 0 Å². The van der Waals surface area contributed by atoms with Crippen LogP contribution in [0.4, 0.5) is 0 Å². The van der Waals surface area contributed by atoms with Crippen molar-refractivity contribution in [1.82, 2.24) is 20.8 Å². The Balaban J connectivity index is 1.22. The normalized spacial score (nSPS) is 19.2. The van der Waals surface area contributed by atoms with Crippen LogP contribution in [-0.4, -0.2) is 45.5 Å². The summed E-state index contributed by atoms with van der Waals surface area (Å²) in [5.74, 6) is 0.814. The van der Waals surface area contributed by atoms with E-state index in [9.17, 15) is 14.7 Å². The van der Waals surface area contributed by atoms with Gasteiger partial charge < -0.3 is 25.2 Å². The summed E-state index contributed by atoms with van der Waals surface area (Å²) in [6.45, 7) is 6.74. The predicted octanol–water partition coefficient (Wildman–Crippen LogP) is 6.90. The predicted molar refractivity (Wildman–Crippen MR) is 189 cm³/mol. The first kappa shape index (κ1) is 35.7. The number of aliphatic hydroxyl groups excluding tert-OH is 1. The summed E-state index contributed by atoms with van der Waals surface area (Å²) in [5, 5.41) is 24.7. The first-order valence-electron chi connectivity index (χ1n) is 16.4. The van der Waals surface area contributed by atoms with Crippen LogP contribution in [0, 0.1) is 12.8 Å². The smallest absolute Gasteiger partial charge is 0.220 e. The summed E-state index contributed by atoms with van der Waals surface area (Å²) >= 11 is 3.24. The number of nitrogens with zero attached hydrogens (tertiary/aromatic N) is 2. The Kier molecular flexibility index (Phi) is 13.2. The number of aryl methyl sites for hydroxylation is 1. The molecule has 4 aromatic rings. The lowest BCUT2D eigenvalue weighted by Crippen LogP contribution is -2.38. The fraction of sp³-hybridized carbons (Fsp3) is 0.405. The van der Waals surface area contributed by atoms with Crippen LogP contribution in [-0.2, 0) is 32.2 Å². The molecule has 1 aliphatic heterocycles. The molecule has 1 aromatic heterocycles. The molecule has 48 heavy (non-hydrogen) atoms. The molecular formula is C37H44N4O5S2. The molecule has 11 heteroatoms. The minimum Gasteiger partial charge on any atom is -0.392 e. The number of thioether (sulfide) groups is 1. The van der Waals surface area contributed by atoms with Crippen molar-refractivity contribution in [2.75, 3.05) is 12.3 Å². The molecule has 0 bridgehead atoms. The van der Waals surface area contributed by atoms with Crippen LogP contribution >= 0.6 is 23.1 Å². The van der Waals surface area contributed by atoms with Gasteiger partial charge in [0.1, 0.15) is 5.01 Å². The highest BCUT2D eigenvalue weighted by atomic mass is 32.2. The number of carbonyl (C=O) groups is 2. The van der Waals surface area contributed by atoms with Crippen LogP contribution < -0.4 is 10.6 Å². The SMILES string of the molecule is CC(=O)NCCCCCC(=O)NCc1cccc(-c2ccc(C3OC(CSc4nnc(C)s4)C(C)C(c4ccc(CO)cc4)O3)cc2)c1. The second-order valence-corrected chi connectivity index (χ2v) is 14.6. The number of aromatic nitrogens is 2. The molecule has 0 saturated carbocycles. The fourth-order valence-corrected chi connectivity index (χ4v) is 7.64. The van der Waals surface area contributed by atoms with E-state index in [-0.39, 0.29) is 36.5 Å². The molecule has 9 nitrogen and oxygen atoms in total. The monoisotopic (exact) mass is 688 g/mol. The molecule has 0 spiro atoms. The topological polar surface area (TPSA) is 123 Å². The molecule has 1 fully saturated rings. The van der Waals surface area contributed by atoms with Gasteiger partial charge in [0, 0.05) is 43.7 Å². The second-order valence-electron chi connectivity index (χ2n) is 12.1. The number of nitrogens with one attached hydrogen (secondary N) is 2. The zero-order valence-electron chi connectivity index (χ0n) is 27.7. The molecule has 3 N–H and O–H groups in total. The van der Waals surface area contributed by atoms with E-state index in [1.165, 1.54) is 6.92 Å². The first-order valence-corrected chi connectivity index (χ1v) is 18.2. The molecule has 3 aromatic carbocycles. The minimum atomic E-state index is -0.550. The zero-order valence-corrected chi connectivity index (χ0v) is 29.3. The van der Waals surface area contributed by atoms with E-state index in [0.29, 0.717) is 19.5 Å². The standard InChI is InChI=1S/C37H44N4O5S2/c1-24-33(23-47-37-41-40-26(3)48-37)45-36(46-35(24)30-13-11-27(22-42)12-14-30)31-17-15-29(16-18-31)32-9-7-8-28(20-32)21-39-34(44)10-5-4-6-19-38-25(2)43/h7-9,11-18,20,24,33,35-36,42H,4-6,10,19,21-23H2,1-3H3,(H,38,43)(H,39,44). The highest BCUT2D eigenvalue weighted by Crippen LogP contribution is 2.43. The molecular weight excluding hydrogens is 645 g/mol. The van der Waals surface area contributed by atoms with Crippen molar-refractivity contribution in [2.24, 2.45) is 5.92 Å². The van der Waals surface area contributed by atoms with Crippen molar-refractivity contribution in [3.8, 4) is 11.1 Å². The Morgan fingerprint density at radius 2 is 1.67 bits per heavy atom. The first-order chi connectivity index (χ1) is 23.3. The molecule has 2 amide bonds. The van der Waals surface area contributed by atoms with E-state index >= 15 is 0 Å². The summed E-state index contributed by atoms with van der Waals surface area (Å²) in [5.41, 5.74) is 6.01. The molecule has 5 rings (SSSR count). The van der Waals surface area contributed by atoms with Crippen molar-refractivity contribution in [2.45, 2.75) is 82.4 Å². The Morgan fingerprint density at radius 1 is 0.896 bits per heavy atom. The minimum absolute atomic E-state index is 0.000547. The van der Waals surface area contributed by atoms with Crippen molar-refractivity contribution >= 4 is 34.9 Å². The summed E-state index contributed by atoms with van der Waals surface area (Å²) < 4.78 is 14.2. The van der Waals surface area contributed by atoms with E-state index < -0.39 is 6.29 Å². The van der Waals surface area contributed by atoms with Gasteiger partial charge in [-0.1, -0.05) is 103 Å². The van der Waals surface area contributed by atoms with Gasteiger partial charge in [0.25, 0.3) is 0 Å². The number of benzene rings is 3. The Bertz CT molecular complexity index is 1630. The van der Waals surface area contributed by atoms with Gasteiger partial charge in [0.2, 0.25) is 11.8 Å². The highest BCUT2D eigenvalue weighted by molar-refractivity contribution is 8.01. The Morgan fingerprint density at radius 3 is 2.38 bits per heavy atom. The molecule has 0 radical (unpaired) electrons. The zero-order chi connectivity index (χ0) is 33.9. The third-order valence-electron chi connectivity index (χ3n) is 8.39. The Hall–Kier alpha value is -3.61. The van der Waals surface area contributed by atoms with Gasteiger partial charge in [0.15, 0.2) is 10.6 Å². The van der Waals surface area contributed by atoms with Crippen LogP contribution in [0.2, 0.25) is 0 Å². The number of amides is 2. The van der Waals surface area contributed by atoms with Gasteiger partial charge in [-0.2, -0.15) is 0 Å². The largest absolute Gasteiger partial charge is 0.392 e. The third-order valence-corrected chi connectivity index (χ3v) is 10.5. The van der Waals surface area contributed by atoms with Crippen molar-refractivity contribution < 1.29 is 24.2 Å². The number of unbranched alkanes of at least 4 members (excludes halogenated alkanes) is 2. The molecule has 1 saturated heterocycles. The number of aliphatic hydroxyl groups is 1. The van der Waals surface area contributed by atoms with Crippen LogP contribution in [0.3, 0.4) is 0 Å². The molecule has 4 atom stereocenters. The summed E-state index contributed by atoms with van der Waals surface area (Å²) in [7, 11) is 0. The van der Waals surface area contributed by atoms with E-state index in [4.69, 9.17) is 9.47 Å². The van der Waals surface area contributed by atoms with E-state index in [1.807, 2.05) is 43.3 Å². The van der Waals surface area contributed by atoms with E-state index in [0.717, 1.165) is 67.7 Å². The van der Waals surface area contributed by atoms with Gasteiger partial charge in [-0.25, -0.2) is 0 Å².